The molecule has 0 radical (unpaired) electrons. The molecule has 0 amide bonds. The van der Waals surface area contributed by atoms with Crippen LogP contribution in [0, 0.1) is 23.8 Å². The quantitative estimate of drug-likeness (QED) is 0.356. The third-order valence-corrected chi connectivity index (χ3v) is 3.50. The number of hydrogen-bond acceptors (Lipinski definition) is 6. The summed E-state index contributed by atoms with van der Waals surface area (Å²) in [4.78, 5) is 24.4. The maximum Gasteiger partial charge on any atom is 0.271 e. The van der Waals surface area contributed by atoms with Crippen molar-refractivity contribution in [1.82, 2.24) is 0 Å². The summed E-state index contributed by atoms with van der Waals surface area (Å²) in [6.07, 6.45) is 1.23. The first-order valence-electron chi connectivity index (χ1n) is 5.84. The molecule has 0 unspecified atom stereocenters. The molecule has 0 saturated heterocycles. The molecule has 2 rings (SSSR count). The van der Waals surface area contributed by atoms with Crippen LogP contribution in [-0.4, -0.2) is 21.2 Å². The van der Waals surface area contributed by atoms with Crippen molar-refractivity contribution < 1.29 is 15.0 Å². The van der Waals surface area contributed by atoms with E-state index in [9.17, 15) is 25.3 Å². The molecule has 2 aromatic carbocycles. The zero-order valence-corrected chi connectivity index (χ0v) is 13.0. The van der Waals surface area contributed by atoms with Crippen LogP contribution in [0.15, 0.2) is 41.4 Å². The minimum atomic E-state index is -0.577. The van der Waals surface area contributed by atoms with E-state index in [-0.39, 0.29) is 22.7 Å². The van der Waals surface area contributed by atoms with Crippen molar-refractivity contribution in [2.75, 3.05) is 0 Å². The molecule has 0 bridgehead atoms. The van der Waals surface area contributed by atoms with Gasteiger partial charge < -0.3 is 5.11 Å². The van der Waals surface area contributed by atoms with Gasteiger partial charge in [-0.25, -0.2) is 0 Å². The number of nitrogens with zero attached hydrogens (tertiary/aromatic N) is 3. The fraction of sp³-hybridized carbons (Fsp3) is 0. The molecule has 0 spiro atoms. The molecule has 0 aromatic heterocycles. The lowest BCUT2D eigenvalue weighted by Crippen LogP contribution is -1.93. The number of benzene rings is 2. The smallest absolute Gasteiger partial charge is 0.271 e. The van der Waals surface area contributed by atoms with Gasteiger partial charge in [-0.1, -0.05) is 6.07 Å². The molecule has 0 fully saturated rings. The SMILES string of the molecule is O=[N+]([O-])c1cccc(N=Cc2cc([N+](=O)[O-])cc(I)c2O)c1. The minimum Gasteiger partial charge on any atom is -0.506 e. The van der Waals surface area contributed by atoms with Crippen molar-refractivity contribution in [2.45, 2.75) is 0 Å². The summed E-state index contributed by atoms with van der Waals surface area (Å²) in [5, 5.41) is 31.4. The van der Waals surface area contributed by atoms with Crippen molar-refractivity contribution in [2.24, 2.45) is 4.99 Å². The lowest BCUT2D eigenvalue weighted by atomic mass is 10.2. The average molecular weight is 413 g/mol. The Labute approximate surface area is 137 Å². The maximum absolute atomic E-state index is 10.8. The highest BCUT2D eigenvalue weighted by molar-refractivity contribution is 14.1. The van der Waals surface area contributed by atoms with E-state index >= 15 is 0 Å². The number of non-ortho nitro benzene ring substituents is 2. The zero-order valence-electron chi connectivity index (χ0n) is 10.8. The van der Waals surface area contributed by atoms with Gasteiger partial charge in [0, 0.05) is 36.0 Å². The van der Waals surface area contributed by atoms with Crippen LogP contribution in [-0.2, 0) is 0 Å². The number of halogens is 1. The number of nitro groups is 2. The number of aromatic hydroxyl groups is 1. The molecule has 2 aromatic rings. The second-order valence-electron chi connectivity index (χ2n) is 4.16. The summed E-state index contributed by atoms with van der Waals surface area (Å²) in [6, 6.07) is 8.02. The van der Waals surface area contributed by atoms with Crippen LogP contribution in [0.3, 0.4) is 0 Å². The van der Waals surface area contributed by atoms with Crippen LogP contribution in [0.2, 0.25) is 0 Å². The van der Waals surface area contributed by atoms with Gasteiger partial charge in [-0.05, 0) is 28.7 Å². The van der Waals surface area contributed by atoms with E-state index < -0.39 is 9.85 Å². The van der Waals surface area contributed by atoms with Crippen molar-refractivity contribution in [1.29, 1.82) is 0 Å². The van der Waals surface area contributed by atoms with Gasteiger partial charge >= 0.3 is 0 Å². The highest BCUT2D eigenvalue weighted by atomic mass is 127. The topological polar surface area (TPSA) is 119 Å². The molecular formula is C13H8IN3O5. The molecule has 1 N–H and O–H groups in total. The van der Waals surface area contributed by atoms with Gasteiger partial charge in [-0.15, -0.1) is 0 Å². The van der Waals surface area contributed by atoms with E-state index in [1.807, 2.05) is 0 Å². The number of hydrogen-bond donors (Lipinski definition) is 1. The van der Waals surface area contributed by atoms with E-state index in [0.29, 0.717) is 9.26 Å². The number of phenolic OH excluding ortho intramolecular Hbond substituents is 1. The number of rotatable bonds is 4. The molecule has 0 aliphatic carbocycles. The summed E-state index contributed by atoms with van der Waals surface area (Å²) < 4.78 is 0.312. The first-order chi connectivity index (χ1) is 10.4. The van der Waals surface area contributed by atoms with Gasteiger partial charge in [0.2, 0.25) is 0 Å². The Balaban J connectivity index is 2.39. The zero-order chi connectivity index (χ0) is 16.3. The largest absolute Gasteiger partial charge is 0.506 e. The third kappa shape index (κ3) is 3.55. The first-order valence-corrected chi connectivity index (χ1v) is 6.92. The van der Waals surface area contributed by atoms with E-state index in [0.717, 1.165) is 0 Å². The summed E-state index contributed by atoms with van der Waals surface area (Å²) in [7, 11) is 0. The predicted octanol–water partition coefficient (Wildman–Crippen LogP) is 3.56. The van der Waals surface area contributed by atoms with Crippen LogP contribution >= 0.6 is 22.6 Å². The Hall–Kier alpha value is -2.56. The molecule has 0 atom stereocenters. The Morgan fingerprint density at radius 2 is 1.77 bits per heavy atom. The van der Waals surface area contributed by atoms with Gasteiger partial charge in [0.25, 0.3) is 11.4 Å². The minimum absolute atomic E-state index is 0.118. The van der Waals surface area contributed by atoms with Gasteiger partial charge in [-0.2, -0.15) is 0 Å². The van der Waals surface area contributed by atoms with Crippen molar-refractivity contribution in [3.8, 4) is 5.75 Å². The van der Waals surface area contributed by atoms with E-state index in [2.05, 4.69) is 4.99 Å². The Morgan fingerprint density at radius 1 is 1.09 bits per heavy atom. The highest BCUT2D eigenvalue weighted by Gasteiger charge is 2.13. The number of nitro benzene ring substituents is 2. The molecule has 0 aliphatic rings. The fourth-order valence-electron chi connectivity index (χ4n) is 1.64. The Morgan fingerprint density at radius 3 is 2.41 bits per heavy atom. The molecule has 9 heteroatoms. The summed E-state index contributed by atoms with van der Waals surface area (Å²) in [5.41, 5.74) is 0.162. The van der Waals surface area contributed by atoms with Crippen molar-refractivity contribution in [3.63, 3.8) is 0 Å². The van der Waals surface area contributed by atoms with Crippen LogP contribution in [0.25, 0.3) is 0 Å². The predicted molar refractivity (Wildman–Crippen MR) is 87.8 cm³/mol. The van der Waals surface area contributed by atoms with Crippen LogP contribution in [0.4, 0.5) is 17.1 Å². The first kappa shape index (κ1) is 15.8. The van der Waals surface area contributed by atoms with Crippen LogP contribution in [0.1, 0.15) is 5.56 Å². The molecule has 8 nitrogen and oxygen atoms in total. The molecule has 0 heterocycles. The van der Waals surface area contributed by atoms with Crippen LogP contribution < -0.4 is 0 Å². The maximum atomic E-state index is 10.8. The van der Waals surface area contributed by atoms with Gasteiger partial charge in [0.15, 0.2) is 0 Å². The Bertz CT molecular complexity index is 791. The van der Waals surface area contributed by atoms with Crippen molar-refractivity contribution in [3.05, 3.63) is 65.8 Å². The van der Waals surface area contributed by atoms with Gasteiger partial charge in [0.05, 0.1) is 19.1 Å². The van der Waals surface area contributed by atoms with E-state index in [1.54, 1.807) is 28.7 Å². The standard InChI is InChI=1S/C13H8IN3O5/c14-12-6-11(17(21)22)4-8(13(12)18)7-15-9-2-1-3-10(5-9)16(19)20/h1-7,18H. The second kappa shape index (κ2) is 6.47. The van der Waals surface area contributed by atoms with Gasteiger partial charge in [-0.3, -0.25) is 25.2 Å². The highest BCUT2D eigenvalue weighted by Crippen LogP contribution is 2.29. The fourth-order valence-corrected chi connectivity index (χ4v) is 2.27. The lowest BCUT2D eigenvalue weighted by molar-refractivity contribution is -0.385. The summed E-state index contributed by atoms with van der Waals surface area (Å²) >= 11 is 1.77. The molecule has 112 valence electrons. The monoisotopic (exact) mass is 413 g/mol. The number of phenols is 1. The summed E-state index contributed by atoms with van der Waals surface area (Å²) in [5.74, 6) is -0.139. The Kier molecular flexibility index (Phi) is 4.65. The second-order valence-corrected chi connectivity index (χ2v) is 5.32. The van der Waals surface area contributed by atoms with E-state index in [1.165, 1.54) is 36.5 Å². The van der Waals surface area contributed by atoms with Gasteiger partial charge in [0.1, 0.15) is 5.75 Å². The molecule has 0 aliphatic heterocycles. The third-order valence-electron chi connectivity index (χ3n) is 2.68. The normalized spacial score (nSPS) is 10.8. The molecule has 22 heavy (non-hydrogen) atoms. The van der Waals surface area contributed by atoms with Crippen molar-refractivity contribution >= 4 is 45.9 Å². The molecular weight excluding hydrogens is 405 g/mol. The summed E-state index contributed by atoms with van der Waals surface area (Å²) in [6.45, 7) is 0. The lowest BCUT2D eigenvalue weighted by Gasteiger charge is -2.02. The average Bonchev–Trinajstić information content (AvgIpc) is 2.48. The van der Waals surface area contributed by atoms with E-state index in [4.69, 9.17) is 0 Å². The van der Waals surface area contributed by atoms with Crippen LogP contribution in [0.5, 0.6) is 5.75 Å². The molecule has 0 saturated carbocycles. The number of aliphatic imine (C=N–C) groups is 1.